The first kappa shape index (κ1) is 26.0. The zero-order chi connectivity index (χ0) is 26.9. The highest BCUT2D eigenvalue weighted by atomic mass is 32.2. The maximum absolute atomic E-state index is 13.7. The third kappa shape index (κ3) is 7.01. The molecule has 0 fully saturated rings. The fourth-order valence-electron chi connectivity index (χ4n) is 3.93. The van der Waals surface area contributed by atoms with Crippen molar-refractivity contribution in [3.63, 3.8) is 0 Å². The van der Waals surface area contributed by atoms with Crippen LogP contribution in [0.4, 0.5) is 22.9 Å². The second-order valence-electron chi connectivity index (χ2n) is 8.83. The van der Waals surface area contributed by atoms with Gasteiger partial charge in [-0.2, -0.15) is 14.5 Å². The SMILES string of the molecule is O=S(=O)(c1ccc(Nc2ccc(N=Nc3ccccc3)cc2)nc1)N(Cc1ccccc1)Cc1ccccc1. The van der Waals surface area contributed by atoms with E-state index in [-0.39, 0.29) is 18.0 Å². The number of azo groups is 1. The van der Waals surface area contributed by atoms with E-state index in [1.165, 1.54) is 10.5 Å². The Hall–Kier alpha value is -4.66. The Kier molecular flexibility index (Phi) is 8.16. The van der Waals surface area contributed by atoms with Crippen molar-refractivity contribution in [1.29, 1.82) is 0 Å². The van der Waals surface area contributed by atoms with Gasteiger partial charge in [-0.1, -0.05) is 78.9 Å². The minimum atomic E-state index is -3.80. The summed E-state index contributed by atoms with van der Waals surface area (Å²) in [5.74, 6) is 0.533. The van der Waals surface area contributed by atoms with Crippen molar-refractivity contribution < 1.29 is 8.42 Å². The molecule has 4 aromatic carbocycles. The van der Waals surface area contributed by atoms with Gasteiger partial charge in [-0.3, -0.25) is 0 Å². The number of nitrogens with zero attached hydrogens (tertiary/aromatic N) is 4. The Labute approximate surface area is 228 Å². The van der Waals surface area contributed by atoms with Gasteiger partial charge in [0.05, 0.1) is 11.4 Å². The van der Waals surface area contributed by atoms with Crippen LogP contribution in [0.3, 0.4) is 0 Å². The van der Waals surface area contributed by atoms with Crippen molar-refractivity contribution in [3.05, 3.63) is 145 Å². The lowest BCUT2D eigenvalue weighted by atomic mass is 10.2. The highest BCUT2D eigenvalue weighted by Crippen LogP contribution is 2.24. The number of pyridine rings is 1. The van der Waals surface area contributed by atoms with Crippen LogP contribution in [0.15, 0.2) is 149 Å². The number of rotatable bonds is 10. The standard InChI is InChI=1S/C31H27N5O2S/c37-39(38,36(23-25-10-4-1-5-11-25)24-26-12-6-2-7-13-26)30-20-21-31(32-22-30)33-27-16-18-29(19-17-27)35-34-28-14-8-3-9-15-28/h1-22H,23-24H2,(H,32,33). The lowest BCUT2D eigenvalue weighted by molar-refractivity contribution is 0.401. The van der Waals surface area contributed by atoms with E-state index >= 15 is 0 Å². The predicted molar refractivity (Wildman–Crippen MR) is 154 cm³/mol. The van der Waals surface area contributed by atoms with Gasteiger partial charge in [-0.05, 0) is 59.7 Å². The Balaban J connectivity index is 1.29. The molecule has 0 unspecified atom stereocenters. The molecule has 0 atom stereocenters. The summed E-state index contributed by atoms with van der Waals surface area (Å²) in [6.07, 6.45) is 1.39. The Morgan fingerprint density at radius 2 is 1.13 bits per heavy atom. The van der Waals surface area contributed by atoms with Crippen LogP contribution in [0.25, 0.3) is 0 Å². The molecule has 0 aliphatic carbocycles. The molecule has 1 heterocycles. The molecule has 8 heteroatoms. The third-order valence-corrected chi connectivity index (χ3v) is 7.73. The van der Waals surface area contributed by atoms with E-state index in [0.29, 0.717) is 5.82 Å². The van der Waals surface area contributed by atoms with Gasteiger partial charge in [-0.15, -0.1) is 0 Å². The van der Waals surface area contributed by atoms with Crippen LogP contribution in [-0.4, -0.2) is 17.7 Å². The van der Waals surface area contributed by atoms with E-state index in [1.54, 1.807) is 12.1 Å². The monoisotopic (exact) mass is 533 g/mol. The molecule has 194 valence electrons. The maximum Gasteiger partial charge on any atom is 0.245 e. The van der Waals surface area contributed by atoms with Gasteiger partial charge in [0.1, 0.15) is 10.7 Å². The normalized spacial score (nSPS) is 11.6. The van der Waals surface area contributed by atoms with Crippen LogP contribution in [0.1, 0.15) is 11.1 Å². The van der Waals surface area contributed by atoms with Crippen LogP contribution >= 0.6 is 0 Å². The van der Waals surface area contributed by atoms with Crippen LogP contribution in [-0.2, 0) is 23.1 Å². The average Bonchev–Trinajstić information content (AvgIpc) is 2.98. The van der Waals surface area contributed by atoms with Crippen LogP contribution in [0, 0.1) is 0 Å². The zero-order valence-electron chi connectivity index (χ0n) is 21.1. The summed E-state index contributed by atoms with van der Waals surface area (Å²) in [6, 6.07) is 39.3. The minimum absolute atomic E-state index is 0.136. The highest BCUT2D eigenvalue weighted by molar-refractivity contribution is 7.89. The molecule has 1 N–H and O–H groups in total. The number of anilines is 2. The van der Waals surface area contributed by atoms with E-state index in [0.717, 1.165) is 28.2 Å². The molecule has 0 aliphatic rings. The van der Waals surface area contributed by atoms with E-state index in [2.05, 4.69) is 20.5 Å². The summed E-state index contributed by atoms with van der Waals surface area (Å²) in [5, 5.41) is 11.7. The summed E-state index contributed by atoms with van der Waals surface area (Å²) >= 11 is 0. The topological polar surface area (TPSA) is 87.0 Å². The van der Waals surface area contributed by atoms with Crippen LogP contribution in [0.5, 0.6) is 0 Å². The van der Waals surface area contributed by atoms with Gasteiger partial charge in [0, 0.05) is 25.0 Å². The molecule has 1 aromatic heterocycles. The smallest absolute Gasteiger partial charge is 0.245 e. The number of benzene rings is 4. The first-order valence-corrected chi connectivity index (χ1v) is 13.9. The zero-order valence-corrected chi connectivity index (χ0v) is 21.9. The summed E-state index contributed by atoms with van der Waals surface area (Å²) in [7, 11) is -3.80. The molecule has 0 aliphatic heterocycles. The van der Waals surface area contributed by atoms with E-state index in [1.807, 2.05) is 115 Å². The molecule has 5 aromatic rings. The fraction of sp³-hybridized carbons (Fsp3) is 0.0645. The van der Waals surface area contributed by atoms with E-state index < -0.39 is 10.0 Å². The molecular weight excluding hydrogens is 506 g/mol. The lowest BCUT2D eigenvalue weighted by Crippen LogP contribution is -2.30. The largest absolute Gasteiger partial charge is 0.340 e. The van der Waals surface area contributed by atoms with Crippen molar-refractivity contribution in [2.24, 2.45) is 10.2 Å². The first-order chi connectivity index (χ1) is 19.1. The number of hydrogen-bond acceptors (Lipinski definition) is 6. The number of sulfonamides is 1. The van der Waals surface area contributed by atoms with Crippen molar-refractivity contribution in [2.45, 2.75) is 18.0 Å². The van der Waals surface area contributed by atoms with Gasteiger partial charge in [-0.25, -0.2) is 13.4 Å². The molecule has 0 spiro atoms. The Morgan fingerprint density at radius 1 is 0.615 bits per heavy atom. The Bertz CT molecular complexity index is 1570. The van der Waals surface area contributed by atoms with Gasteiger partial charge in [0.2, 0.25) is 10.0 Å². The third-order valence-electron chi connectivity index (χ3n) is 5.95. The number of nitrogens with one attached hydrogen (secondary N) is 1. The van der Waals surface area contributed by atoms with Crippen molar-refractivity contribution in [2.75, 3.05) is 5.32 Å². The Morgan fingerprint density at radius 3 is 1.64 bits per heavy atom. The second kappa shape index (κ2) is 12.3. The molecular formula is C31H27N5O2S. The minimum Gasteiger partial charge on any atom is -0.340 e. The second-order valence-corrected chi connectivity index (χ2v) is 10.8. The molecule has 5 rings (SSSR count). The molecule has 7 nitrogen and oxygen atoms in total. The van der Waals surface area contributed by atoms with Crippen LogP contribution in [0.2, 0.25) is 0 Å². The molecule has 0 radical (unpaired) electrons. The van der Waals surface area contributed by atoms with E-state index in [9.17, 15) is 8.42 Å². The van der Waals surface area contributed by atoms with Gasteiger partial charge in [0.15, 0.2) is 0 Å². The molecule has 0 saturated carbocycles. The van der Waals surface area contributed by atoms with E-state index in [4.69, 9.17) is 0 Å². The maximum atomic E-state index is 13.7. The van der Waals surface area contributed by atoms with Crippen molar-refractivity contribution in [1.82, 2.24) is 9.29 Å². The molecule has 0 bridgehead atoms. The molecule has 0 amide bonds. The summed E-state index contributed by atoms with van der Waals surface area (Å²) in [6.45, 7) is 0.512. The average molecular weight is 534 g/mol. The number of hydrogen-bond donors (Lipinski definition) is 1. The summed E-state index contributed by atoms with van der Waals surface area (Å²) in [5.41, 5.74) is 4.12. The lowest BCUT2D eigenvalue weighted by Gasteiger charge is -2.22. The van der Waals surface area contributed by atoms with Crippen molar-refractivity contribution in [3.8, 4) is 0 Å². The highest BCUT2D eigenvalue weighted by Gasteiger charge is 2.25. The van der Waals surface area contributed by atoms with Gasteiger partial charge in [0.25, 0.3) is 0 Å². The molecule has 0 saturated heterocycles. The predicted octanol–water partition coefficient (Wildman–Crippen LogP) is 7.63. The fourth-order valence-corrected chi connectivity index (χ4v) is 5.29. The van der Waals surface area contributed by atoms with Gasteiger partial charge < -0.3 is 5.32 Å². The van der Waals surface area contributed by atoms with Crippen molar-refractivity contribution >= 4 is 32.9 Å². The molecule has 39 heavy (non-hydrogen) atoms. The first-order valence-electron chi connectivity index (χ1n) is 12.4. The summed E-state index contributed by atoms with van der Waals surface area (Å²) in [4.78, 5) is 4.51. The van der Waals surface area contributed by atoms with Gasteiger partial charge >= 0.3 is 0 Å². The summed E-state index contributed by atoms with van der Waals surface area (Å²) < 4.78 is 28.8. The number of aromatic nitrogens is 1. The van der Waals surface area contributed by atoms with Crippen LogP contribution < -0.4 is 5.32 Å². The quantitative estimate of drug-likeness (QED) is 0.187.